The van der Waals surface area contributed by atoms with Crippen LogP contribution in [0.2, 0.25) is 0 Å². The van der Waals surface area contributed by atoms with Gasteiger partial charge < -0.3 is 19.0 Å². The molecule has 2 aliphatic heterocycles. The van der Waals surface area contributed by atoms with Gasteiger partial charge in [0.25, 0.3) is 0 Å². The van der Waals surface area contributed by atoms with Gasteiger partial charge in [-0.1, -0.05) is 0 Å². The lowest BCUT2D eigenvalue weighted by atomic mass is 9.81. The summed E-state index contributed by atoms with van der Waals surface area (Å²) in [4.78, 5) is 16.2. The molecule has 0 bridgehead atoms. The highest BCUT2D eigenvalue weighted by atomic mass is 16.5. The van der Waals surface area contributed by atoms with Crippen LogP contribution >= 0.6 is 0 Å². The van der Waals surface area contributed by atoms with Gasteiger partial charge in [0.05, 0.1) is 25.2 Å². The van der Waals surface area contributed by atoms with E-state index in [4.69, 9.17) is 9.15 Å². The van der Waals surface area contributed by atoms with Crippen LogP contribution in [0, 0.1) is 5.92 Å². The highest BCUT2D eigenvalue weighted by Gasteiger charge is 2.56. The molecule has 0 N–H and O–H groups in total. The van der Waals surface area contributed by atoms with E-state index in [9.17, 15) is 4.79 Å². The summed E-state index contributed by atoms with van der Waals surface area (Å²) < 4.78 is 11.6. The van der Waals surface area contributed by atoms with E-state index < -0.39 is 0 Å². The number of carbonyl (C=O) groups excluding carboxylic acids is 1. The summed E-state index contributed by atoms with van der Waals surface area (Å²) >= 11 is 0. The lowest BCUT2D eigenvalue weighted by Crippen LogP contribution is -2.40. The maximum absolute atomic E-state index is 12.4. The molecular weight excluding hydrogens is 284 g/mol. The second-order valence-electron chi connectivity index (χ2n) is 7.10. The fourth-order valence-electron chi connectivity index (χ4n) is 3.53. The molecule has 0 radical (unpaired) electrons. The van der Waals surface area contributed by atoms with Crippen LogP contribution in [0.3, 0.4) is 0 Å². The second-order valence-corrected chi connectivity index (χ2v) is 7.10. The van der Waals surface area contributed by atoms with Crippen LogP contribution in [-0.2, 0) is 14.9 Å². The topological polar surface area (TPSA) is 71.7 Å². The van der Waals surface area contributed by atoms with Crippen molar-refractivity contribution in [3.05, 3.63) is 11.8 Å². The second kappa shape index (κ2) is 5.03. The van der Waals surface area contributed by atoms with Crippen molar-refractivity contribution in [3.63, 3.8) is 0 Å². The van der Waals surface area contributed by atoms with Crippen molar-refractivity contribution in [2.45, 2.75) is 24.2 Å². The molecular formula is C15H22N4O3. The zero-order chi connectivity index (χ0) is 15.3. The molecule has 1 amide bonds. The quantitative estimate of drug-likeness (QED) is 0.793. The molecule has 1 aromatic heterocycles. The molecule has 1 aliphatic carbocycles. The van der Waals surface area contributed by atoms with E-state index in [1.165, 1.54) is 0 Å². The fourth-order valence-corrected chi connectivity index (χ4v) is 3.53. The minimum Gasteiger partial charge on any atom is -0.424 e. The highest BCUT2D eigenvalue weighted by Crippen LogP contribution is 2.45. The molecule has 7 nitrogen and oxygen atoms in total. The Balaban J connectivity index is 1.57. The number of rotatable bonds is 4. The van der Waals surface area contributed by atoms with Gasteiger partial charge in [0.2, 0.25) is 17.7 Å². The minimum atomic E-state index is -0.303. The van der Waals surface area contributed by atoms with E-state index >= 15 is 0 Å². The van der Waals surface area contributed by atoms with Crippen molar-refractivity contribution in [1.29, 1.82) is 0 Å². The van der Waals surface area contributed by atoms with Gasteiger partial charge >= 0.3 is 0 Å². The SMILES string of the molecule is CN(C)CC(=O)N1C[C@@H]2COC[C@]2(c2nnc(C3CC3)o2)C1. The molecule has 1 aromatic rings. The van der Waals surface area contributed by atoms with Crippen LogP contribution in [-0.4, -0.2) is 72.8 Å². The maximum atomic E-state index is 12.4. The molecule has 0 spiro atoms. The highest BCUT2D eigenvalue weighted by molar-refractivity contribution is 5.78. The van der Waals surface area contributed by atoms with Crippen LogP contribution in [0.15, 0.2) is 4.42 Å². The first-order valence-corrected chi connectivity index (χ1v) is 7.92. The maximum Gasteiger partial charge on any atom is 0.236 e. The largest absolute Gasteiger partial charge is 0.424 e. The van der Waals surface area contributed by atoms with Gasteiger partial charge in [-0.2, -0.15) is 0 Å². The summed E-state index contributed by atoms with van der Waals surface area (Å²) in [6, 6.07) is 0. The average molecular weight is 306 g/mol. The van der Waals surface area contributed by atoms with Gasteiger partial charge in [0, 0.05) is 24.9 Å². The van der Waals surface area contributed by atoms with E-state index in [-0.39, 0.29) is 17.2 Å². The van der Waals surface area contributed by atoms with Crippen LogP contribution in [0.5, 0.6) is 0 Å². The van der Waals surface area contributed by atoms with Crippen LogP contribution in [0.4, 0.5) is 0 Å². The monoisotopic (exact) mass is 306 g/mol. The molecule has 22 heavy (non-hydrogen) atoms. The predicted molar refractivity (Wildman–Crippen MR) is 77.4 cm³/mol. The van der Waals surface area contributed by atoms with Gasteiger partial charge in [-0.25, -0.2) is 0 Å². The Hall–Kier alpha value is -1.47. The lowest BCUT2D eigenvalue weighted by molar-refractivity contribution is -0.131. The Morgan fingerprint density at radius 3 is 2.95 bits per heavy atom. The van der Waals surface area contributed by atoms with Crippen molar-refractivity contribution >= 4 is 5.91 Å². The molecule has 1 saturated carbocycles. The summed E-state index contributed by atoms with van der Waals surface area (Å²) in [7, 11) is 3.82. The summed E-state index contributed by atoms with van der Waals surface area (Å²) in [6.45, 7) is 2.99. The van der Waals surface area contributed by atoms with E-state index in [1.807, 2.05) is 23.9 Å². The molecule has 0 aromatic carbocycles. The fraction of sp³-hybridized carbons (Fsp3) is 0.800. The molecule has 2 atom stereocenters. The third kappa shape index (κ3) is 2.23. The lowest BCUT2D eigenvalue weighted by Gasteiger charge is -2.23. The van der Waals surface area contributed by atoms with E-state index in [1.54, 1.807) is 0 Å². The van der Waals surface area contributed by atoms with E-state index in [0.717, 1.165) is 18.7 Å². The van der Waals surface area contributed by atoms with Crippen molar-refractivity contribution in [2.24, 2.45) is 5.92 Å². The Labute approximate surface area is 129 Å². The third-order valence-corrected chi connectivity index (χ3v) is 4.97. The number of fused-ring (bicyclic) bond motifs is 1. The molecule has 7 heteroatoms. The van der Waals surface area contributed by atoms with Crippen LogP contribution < -0.4 is 0 Å². The Bertz CT molecular complexity index is 583. The van der Waals surface area contributed by atoms with Gasteiger partial charge in [0.15, 0.2) is 0 Å². The summed E-state index contributed by atoms with van der Waals surface area (Å²) in [5, 5.41) is 8.51. The number of nitrogens with zero attached hydrogens (tertiary/aromatic N) is 4. The Kier molecular flexibility index (Phi) is 3.23. The van der Waals surface area contributed by atoms with Gasteiger partial charge in [0.1, 0.15) is 0 Å². The van der Waals surface area contributed by atoms with Crippen molar-refractivity contribution in [1.82, 2.24) is 20.0 Å². The number of amides is 1. The van der Waals surface area contributed by atoms with Crippen molar-refractivity contribution in [3.8, 4) is 0 Å². The summed E-state index contributed by atoms with van der Waals surface area (Å²) in [5.74, 6) is 2.28. The zero-order valence-electron chi connectivity index (χ0n) is 13.1. The summed E-state index contributed by atoms with van der Waals surface area (Å²) in [5.41, 5.74) is -0.303. The number of ether oxygens (including phenoxy) is 1. The average Bonchev–Trinajstić information content (AvgIpc) is 2.91. The number of likely N-dealkylation sites (tertiary alicyclic amines) is 1. The minimum absolute atomic E-state index is 0.153. The first-order valence-electron chi connectivity index (χ1n) is 7.92. The molecule has 120 valence electrons. The predicted octanol–water partition coefficient (Wildman–Crippen LogP) is 0.235. The number of hydrogen-bond donors (Lipinski definition) is 0. The number of carbonyl (C=O) groups is 1. The van der Waals surface area contributed by atoms with Crippen molar-refractivity contribution < 1.29 is 13.9 Å². The Morgan fingerprint density at radius 1 is 1.41 bits per heavy atom. The molecule has 2 saturated heterocycles. The number of likely N-dealkylation sites (N-methyl/N-ethyl adjacent to an activating group) is 1. The van der Waals surface area contributed by atoms with Gasteiger partial charge in [-0.3, -0.25) is 4.79 Å². The molecule has 3 fully saturated rings. The third-order valence-electron chi connectivity index (χ3n) is 4.97. The van der Waals surface area contributed by atoms with Crippen LogP contribution in [0.25, 0.3) is 0 Å². The molecule has 3 heterocycles. The zero-order valence-corrected chi connectivity index (χ0v) is 13.1. The van der Waals surface area contributed by atoms with Gasteiger partial charge in [-0.05, 0) is 26.9 Å². The van der Waals surface area contributed by atoms with Crippen LogP contribution in [0.1, 0.15) is 30.5 Å². The smallest absolute Gasteiger partial charge is 0.236 e. The standard InChI is InChI=1S/C15H22N4O3/c1-18(2)6-12(20)19-5-11-7-21-9-15(11,8-19)14-17-16-13(22-14)10-3-4-10/h10-11H,3-9H2,1-2H3/t11-,15-/m1/s1. The molecule has 3 aliphatic rings. The number of aromatic nitrogens is 2. The van der Waals surface area contributed by atoms with E-state index in [2.05, 4.69) is 10.2 Å². The molecule has 0 unspecified atom stereocenters. The Morgan fingerprint density at radius 2 is 2.23 bits per heavy atom. The van der Waals surface area contributed by atoms with Gasteiger partial charge in [-0.15, -0.1) is 10.2 Å². The first-order chi connectivity index (χ1) is 10.6. The van der Waals surface area contributed by atoms with E-state index in [0.29, 0.717) is 44.7 Å². The molecule has 4 rings (SSSR count). The number of hydrogen-bond acceptors (Lipinski definition) is 6. The first kappa shape index (κ1) is 14.1. The normalized spacial score (nSPS) is 31.0. The van der Waals surface area contributed by atoms with Crippen molar-refractivity contribution in [2.75, 3.05) is 46.9 Å². The summed E-state index contributed by atoms with van der Waals surface area (Å²) in [6.07, 6.45) is 2.28.